The average molecular weight is 538 g/mol. The summed E-state index contributed by atoms with van der Waals surface area (Å²) in [5, 5.41) is 23.9. The Bertz CT molecular complexity index is 761. The summed E-state index contributed by atoms with van der Waals surface area (Å²) in [6.07, 6.45) is 7.67. The van der Waals surface area contributed by atoms with Crippen LogP contribution in [0.25, 0.3) is 0 Å². The van der Waals surface area contributed by atoms with E-state index in [0.717, 1.165) is 43.2 Å². The Morgan fingerprint density at radius 3 is 1.50 bits per heavy atom. The van der Waals surface area contributed by atoms with Crippen molar-refractivity contribution >= 4 is 31.9 Å². The van der Waals surface area contributed by atoms with Gasteiger partial charge in [0.1, 0.15) is 0 Å². The largest absolute Gasteiger partial charge is 0.365 e. The molecule has 0 radical (unpaired) electrons. The van der Waals surface area contributed by atoms with Crippen molar-refractivity contribution in [3.8, 4) is 0 Å². The van der Waals surface area contributed by atoms with Crippen LogP contribution in [0.3, 0.4) is 0 Å². The van der Waals surface area contributed by atoms with E-state index in [9.17, 15) is 10.2 Å². The number of rotatable bonds is 2. The number of hydrogen-bond acceptors (Lipinski definition) is 2. The highest BCUT2D eigenvalue weighted by Crippen LogP contribution is 2.64. The Balaban J connectivity index is 2.35. The topological polar surface area (TPSA) is 40.5 Å². The van der Waals surface area contributed by atoms with Gasteiger partial charge in [-0.3, -0.25) is 0 Å². The van der Waals surface area contributed by atoms with Gasteiger partial charge in [-0.15, -0.1) is 0 Å². The van der Waals surface area contributed by atoms with Crippen LogP contribution in [0, 0.1) is 5.41 Å². The Hall–Kier alpha value is -0.680. The molecular formula is C26H34Br2O2. The van der Waals surface area contributed by atoms with Gasteiger partial charge < -0.3 is 10.2 Å². The van der Waals surface area contributed by atoms with Crippen LogP contribution in [-0.2, 0) is 5.41 Å². The van der Waals surface area contributed by atoms with Crippen LogP contribution in [0.1, 0.15) is 76.3 Å². The highest BCUT2D eigenvalue weighted by molar-refractivity contribution is 9.25. The Morgan fingerprint density at radius 1 is 0.633 bits per heavy atom. The highest BCUT2D eigenvalue weighted by atomic mass is 79.9. The van der Waals surface area contributed by atoms with Crippen molar-refractivity contribution in [1.82, 2.24) is 0 Å². The Morgan fingerprint density at radius 2 is 1.03 bits per heavy atom. The van der Waals surface area contributed by atoms with E-state index in [-0.39, 0.29) is 0 Å². The van der Waals surface area contributed by atoms with Crippen LogP contribution in [0.4, 0.5) is 0 Å². The molecule has 1 saturated carbocycles. The summed E-state index contributed by atoms with van der Waals surface area (Å²) in [7, 11) is 0. The molecule has 0 saturated heterocycles. The lowest BCUT2D eigenvalue weighted by atomic mass is 9.51. The molecule has 2 aromatic rings. The first kappa shape index (κ1) is 24.0. The van der Waals surface area contributed by atoms with Gasteiger partial charge in [0.25, 0.3) is 0 Å². The molecule has 0 heterocycles. The molecule has 2 N–H and O–H groups in total. The second kappa shape index (κ2) is 9.44. The number of halogens is 2. The highest BCUT2D eigenvalue weighted by Gasteiger charge is 2.65. The molecule has 0 aliphatic heterocycles. The predicted molar refractivity (Wildman–Crippen MR) is 132 cm³/mol. The number of benzene rings is 2. The molecule has 0 bridgehead atoms. The Labute approximate surface area is 198 Å². The molecule has 164 valence electrons. The SMILES string of the molecule is CC1(C)C(Br)(Br)CCCCCCCCC(O)(O)C1(c1ccccc1)c1ccccc1. The van der Waals surface area contributed by atoms with E-state index in [0.29, 0.717) is 6.42 Å². The van der Waals surface area contributed by atoms with E-state index in [1.165, 1.54) is 12.8 Å². The number of alkyl halides is 2. The number of aliphatic hydroxyl groups is 2. The van der Waals surface area contributed by atoms with Crippen LogP contribution < -0.4 is 0 Å². The second-order valence-electron chi connectivity index (χ2n) is 9.25. The van der Waals surface area contributed by atoms with Crippen molar-refractivity contribution in [2.24, 2.45) is 5.41 Å². The summed E-state index contributed by atoms with van der Waals surface area (Å²) in [5.41, 5.74) is 0.207. The minimum atomic E-state index is -1.93. The molecular weight excluding hydrogens is 504 g/mol. The summed E-state index contributed by atoms with van der Waals surface area (Å²) in [4.78, 5) is 0. The number of hydrogen-bond donors (Lipinski definition) is 2. The summed E-state index contributed by atoms with van der Waals surface area (Å²) < 4.78 is -0.478. The van der Waals surface area contributed by atoms with Gasteiger partial charge in [-0.25, -0.2) is 0 Å². The van der Waals surface area contributed by atoms with E-state index in [4.69, 9.17) is 0 Å². The first-order valence-electron chi connectivity index (χ1n) is 11.1. The molecule has 0 aromatic heterocycles. The maximum absolute atomic E-state index is 12.0. The lowest BCUT2D eigenvalue weighted by Crippen LogP contribution is -2.64. The lowest BCUT2D eigenvalue weighted by Gasteiger charge is -2.59. The van der Waals surface area contributed by atoms with Crippen LogP contribution in [0.2, 0.25) is 0 Å². The van der Waals surface area contributed by atoms with Gasteiger partial charge >= 0.3 is 0 Å². The fraction of sp³-hybridized carbons (Fsp3) is 0.538. The minimum absolute atomic E-state index is 0.330. The van der Waals surface area contributed by atoms with Crippen molar-refractivity contribution in [2.45, 2.75) is 79.6 Å². The van der Waals surface area contributed by atoms with E-state index in [1.54, 1.807) is 0 Å². The molecule has 0 unspecified atom stereocenters. The fourth-order valence-electron chi connectivity index (χ4n) is 5.43. The van der Waals surface area contributed by atoms with Crippen molar-refractivity contribution in [1.29, 1.82) is 0 Å². The van der Waals surface area contributed by atoms with Gasteiger partial charge in [-0.2, -0.15) is 0 Å². The first-order chi connectivity index (χ1) is 14.2. The van der Waals surface area contributed by atoms with E-state index >= 15 is 0 Å². The monoisotopic (exact) mass is 536 g/mol. The molecule has 2 nitrogen and oxygen atoms in total. The minimum Gasteiger partial charge on any atom is -0.365 e. The molecule has 4 heteroatoms. The molecule has 1 aliphatic carbocycles. The average Bonchev–Trinajstić information content (AvgIpc) is 2.71. The van der Waals surface area contributed by atoms with Crippen LogP contribution in [-0.4, -0.2) is 19.2 Å². The molecule has 0 amide bonds. The summed E-state index contributed by atoms with van der Waals surface area (Å²) in [5.74, 6) is -1.93. The van der Waals surface area contributed by atoms with Gasteiger partial charge in [0.05, 0.1) is 8.65 Å². The van der Waals surface area contributed by atoms with Crippen LogP contribution in [0.15, 0.2) is 60.7 Å². The van der Waals surface area contributed by atoms with E-state index < -0.39 is 19.9 Å². The maximum Gasteiger partial charge on any atom is 0.177 e. The zero-order valence-corrected chi connectivity index (χ0v) is 21.3. The zero-order chi connectivity index (χ0) is 21.9. The van der Waals surface area contributed by atoms with Gasteiger partial charge in [0.15, 0.2) is 5.79 Å². The smallest absolute Gasteiger partial charge is 0.177 e. The lowest BCUT2D eigenvalue weighted by molar-refractivity contribution is -0.234. The molecule has 1 fully saturated rings. The van der Waals surface area contributed by atoms with Crippen molar-refractivity contribution in [3.05, 3.63) is 71.8 Å². The van der Waals surface area contributed by atoms with E-state index in [1.807, 2.05) is 60.7 Å². The predicted octanol–water partition coefficient (Wildman–Crippen LogP) is 7.30. The third-order valence-electron chi connectivity index (χ3n) is 7.13. The first-order valence-corrected chi connectivity index (χ1v) is 12.7. The molecule has 0 atom stereocenters. The Kier molecular flexibility index (Phi) is 7.54. The zero-order valence-electron chi connectivity index (χ0n) is 18.1. The molecule has 2 aromatic carbocycles. The summed E-state index contributed by atoms with van der Waals surface area (Å²) >= 11 is 8.04. The third kappa shape index (κ3) is 4.18. The quantitative estimate of drug-likeness (QED) is 0.311. The molecule has 30 heavy (non-hydrogen) atoms. The van der Waals surface area contributed by atoms with Crippen molar-refractivity contribution in [2.75, 3.05) is 0 Å². The third-order valence-corrected chi connectivity index (χ3v) is 9.91. The van der Waals surface area contributed by atoms with Gasteiger partial charge in [-0.1, -0.05) is 138 Å². The summed E-state index contributed by atoms with van der Waals surface area (Å²) in [6, 6.07) is 20.1. The van der Waals surface area contributed by atoms with Crippen molar-refractivity contribution in [3.63, 3.8) is 0 Å². The maximum atomic E-state index is 12.0. The second-order valence-corrected chi connectivity index (χ2v) is 13.0. The van der Waals surface area contributed by atoms with Crippen LogP contribution in [0.5, 0.6) is 0 Å². The molecule has 1 aliphatic rings. The standard InChI is InChI=1S/C26H34Br2O2/c1-23(2)24(27,28)19-13-5-3-4-6-14-20-25(29,30)26(23,21-15-9-7-10-16-21)22-17-11-8-12-18-22/h7-12,15-18,29-30H,3-6,13-14,19-20H2,1-2H3. The summed E-state index contributed by atoms with van der Waals surface area (Å²) in [6.45, 7) is 4.31. The molecule has 3 rings (SSSR count). The fourth-order valence-corrected chi connectivity index (χ4v) is 6.58. The van der Waals surface area contributed by atoms with E-state index in [2.05, 4.69) is 45.7 Å². The van der Waals surface area contributed by atoms with Gasteiger partial charge in [0.2, 0.25) is 0 Å². The van der Waals surface area contributed by atoms with Gasteiger partial charge in [0, 0.05) is 11.8 Å². The molecule has 0 spiro atoms. The van der Waals surface area contributed by atoms with Gasteiger partial charge in [-0.05, 0) is 24.0 Å². The normalized spacial score (nSPS) is 23.7. The van der Waals surface area contributed by atoms with Crippen molar-refractivity contribution < 1.29 is 10.2 Å². The van der Waals surface area contributed by atoms with Crippen LogP contribution >= 0.6 is 31.9 Å².